The molecule has 0 saturated carbocycles. The van der Waals surface area contributed by atoms with Crippen molar-refractivity contribution >= 4 is 11.8 Å². The molecule has 0 aromatic carbocycles. The van der Waals surface area contributed by atoms with E-state index in [9.17, 15) is 0 Å². The summed E-state index contributed by atoms with van der Waals surface area (Å²) in [6.07, 6.45) is 9.69. The van der Waals surface area contributed by atoms with Crippen molar-refractivity contribution in [3.05, 3.63) is 0 Å². The van der Waals surface area contributed by atoms with E-state index < -0.39 is 0 Å². The largest absolute Gasteiger partial charge is 0.328 e. The Hall–Kier alpha value is 0.270. The van der Waals surface area contributed by atoms with E-state index in [1.165, 1.54) is 57.2 Å². The van der Waals surface area contributed by atoms with Gasteiger partial charge in [0.15, 0.2) is 0 Å². The molecule has 0 aliphatic carbocycles. The topological polar surface area (TPSA) is 29.3 Å². The number of thioether (sulfide) groups is 1. The van der Waals surface area contributed by atoms with Crippen LogP contribution in [0.1, 0.15) is 44.9 Å². The normalized spacial score (nSPS) is 44.8. The van der Waals surface area contributed by atoms with Gasteiger partial charge < -0.3 is 5.73 Å². The molecule has 3 rings (SSSR count). The maximum Gasteiger partial charge on any atom is 0.0175 e. The molecule has 3 atom stereocenters. The van der Waals surface area contributed by atoms with Crippen molar-refractivity contribution in [3.8, 4) is 0 Å². The Kier molecular flexibility index (Phi) is 3.46. The van der Waals surface area contributed by atoms with Gasteiger partial charge in [-0.3, -0.25) is 4.90 Å². The minimum Gasteiger partial charge on any atom is -0.328 e. The highest BCUT2D eigenvalue weighted by Crippen LogP contribution is 2.37. The lowest BCUT2D eigenvalue weighted by Crippen LogP contribution is -2.49. The molecule has 0 aromatic rings. The summed E-state index contributed by atoms with van der Waals surface area (Å²) in [4.78, 5) is 2.81. The maximum absolute atomic E-state index is 6.12. The molecule has 0 spiro atoms. The van der Waals surface area contributed by atoms with Crippen LogP contribution in [0.4, 0.5) is 0 Å². The van der Waals surface area contributed by atoms with E-state index in [2.05, 4.69) is 16.7 Å². The summed E-state index contributed by atoms with van der Waals surface area (Å²) in [5, 5.41) is 0.922. The molecular formula is C13H24N2S. The highest BCUT2D eigenvalue weighted by atomic mass is 32.2. The zero-order valence-electron chi connectivity index (χ0n) is 10.1. The van der Waals surface area contributed by atoms with Crippen molar-refractivity contribution in [2.24, 2.45) is 5.73 Å². The first-order chi connectivity index (χ1) is 7.83. The van der Waals surface area contributed by atoms with Crippen molar-refractivity contribution < 1.29 is 0 Å². The molecule has 3 saturated heterocycles. The Morgan fingerprint density at radius 3 is 2.44 bits per heavy atom. The molecule has 2 bridgehead atoms. The predicted molar refractivity (Wildman–Crippen MR) is 70.8 cm³/mol. The Morgan fingerprint density at radius 2 is 1.81 bits per heavy atom. The van der Waals surface area contributed by atoms with Gasteiger partial charge in [0.05, 0.1) is 0 Å². The van der Waals surface area contributed by atoms with E-state index >= 15 is 0 Å². The average Bonchev–Trinajstić information content (AvgIpc) is 2.54. The van der Waals surface area contributed by atoms with Crippen molar-refractivity contribution in [2.45, 2.75) is 68.3 Å². The first-order valence-corrected chi connectivity index (χ1v) is 8.01. The van der Waals surface area contributed by atoms with Crippen LogP contribution in [0, 0.1) is 0 Å². The standard InChI is InChI=1S/C13H24N2S/c14-10-7-11-4-5-12(8-10)15(11)9-13-3-1-2-6-16-13/h10-13H,1-9,14H2. The number of hydrogen-bond acceptors (Lipinski definition) is 3. The molecule has 3 aliphatic heterocycles. The lowest BCUT2D eigenvalue weighted by atomic mass is 9.97. The molecule has 0 aromatic heterocycles. The number of nitrogens with two attached hydrogens (primary N) is 1. The maximum atomic E-state index is 6.12. The molecule has 3 heteroatoms. The fraction of sp³-hybridized carbons (Fsp3) is 1.00. The summed E-state index contributed by atoms with van der Waals surface area (Å²) >= 11 is 2.22. The molecule has 3 unspecified atom stereocenters. The number of nitrogens with zero attached hydrogens (tertiary/aromatic N) is 1. The molecule has 0 radical (unpaired) electrons. The number of hydrogen-bond donors (Lipinski definition) is 1. The average molecular weight is 240 g/mol. The summed E-state index contributed by atoms with van der Waals surface area (Å²) in [5.41, 5.74) is 6.12. The van der Waals surface area contributed by atoms with Gasteiger partial charge in [-0.15, -0.1) is 0 Å². The van der Waals surface area contributed by atoms with Gasteiger partial charge in [-0.1, -0.05) is 6.42 Å². The smallest absolute Gasteiger partial charge is 0.0175 e. The first-order valence-electron chi connectivity index (χ1n) is 6.96. The summed E-state index contributed by atoms with van der Waals surface area (Å²) in [6.45, 7) is 1.35. The highest BCUT2D eigenvalue weighted by molar-refractivity contribution is 7.99. The Morgan fingerprint density at radius 1 is 1.06 bits per heavy atom. The summed E-state index contributed by atoms with van der Waals surface area (Å²) in [6, 6.07) is 2.15. The SMILES string of the molecule is NC1CC2CCC(C1)N2CC1CCCCS1. The third-order valence-corrected chi connectivity index (χ3v) is 5.99. The van der Waals surface area contributed by atoms with Gasteiger partial charge in [-0.05, 0) is 44.3 Å². The third-order valence-electron chi connectivity index (χ3n) is 4.61. The van der Waals surface area contributed by atoms with E-state index in [-0.39, 0.29) is 0 Å². The van der Waals surface area contributed by atoms with E-state index in [1.54, 1.807) is 0 Å². The van der Waals surface area contributed by atoms with Crippen molar-refractivity contribution in [2.75, 3.05) is 12.3 Å². The number of fused-ring (bicyclic) bond motifs is 2. The van der Waals surface area contributed by atoms with Crippen molar-refractivity contribution in [3.63, 3.8) is 0 Å². The van der Waals surface area contributed by atoms with Gasteiger partial charge in [0.25, 0.3) is 0 Å². The molecule has 3 fully saturated rings. The van der Waals surface area contributed by atoms with Gasteiger partial charge >= 0.3 is 0 Å². The van der Waals surface area contributed by atoms with E-state index in [1.807, 2.05) is 0 Å². The second-order valence-electron chi connectivity index (χ2n) is 5.80. The summed E-state index contributed by atoms with van der Waals surface area (Å²) in [7, 11) is 0. The van der Waals surface area contributed by atoms with Gasteiger partial charge in [-0.25, -0.2) is 0 Å². The molecule has 2 nitrogen and oxygen atoms in total. The summed E-state index contributed by atoms with van der Waals surface area (Å²) < 4.78 is 0. The van der Waals surface area contributed by atoms with Crippen LogP contribution in [0.2, 0.25) is 0 Å². The molecular weight excluding hydrogens is 216 g/mol. The number of rotatable bonds is 2. The van der Waals surface area contributed by atoms with Gasteiger partial charge in [-0.2, -0.15) is 11.8 Å². The molecule has 3 heterocycles. The quantitative estimate of drug-likeness (QED) is 0.802. The van der Waals surface area contributed by atoms with Crippen LogP contribution >= 0.6 is 11.8 Å². The predicted octanol–water partition coefficient (Wildman–Crippen LogP) is 2.23. The molecule has 2 N–H and O–H groups in total. The lowest BCUT2D eigenvalue weighted by molar-refractivity contribution is 0.127. The van der Waals surface area contributed by atoms with Gasteiger partial charge in [0.1, 0.15) is 0 Å². The van der Waals surface area contributed by atoms with Crippen LogP contribution in [0.25, 0.3) is 0 Å². The van der Waals surface area contributed by atoms with Crippen LogP contribution in [-0.4, -0.2) is 40.6 Å². The third kappa shape index (κ3) is 2.27. The first kappa shape index (κ1) is 11.4. The van der Waals surface area contributed by atoms with E-state index in [0.717, 1.165) is 17.3 Å². The zero-order chi connectivity index (χ0) is 11.0. The van der Waals surface area contributed by atoms with Gasteiger partial charge in [0.2, 0.25) is 0 Å². The molecule has 3 aliphatic rings. The second kappa shape index (κ2) is 4.87. The zero-order valence-corrected chi connectivity index (χ0v) is 10.9. The fourth-order valence-electron chi connectivity index (χ4n) is 3.80. The number of piperidine rings is 1. The van der Waals surface area contributed by atoms with Crippen LogP contribution in [0.5, 0.6) is 0 Å². The molecule has 16 heavy (non-hydrogen) atoms. The van der Waals surface area contributed by atoms with Crippen LogP contribution in [0.15, 0.2) is 0 Å². The Labute approximate surface area is 103 Å². The summed E-state index contributed by atoms with van der Waals surface area (Å²) in [5.74, 6) is 1.40. The van der Waals surface area contributed by atoms with Crippen molar-refractivity contribution in [1.29, 1.82) is 0 Å². The Bertz CT molecular complexity index is 226. The van der Waals surface area contributed by atoms with E-state index in [0.29, 0.717) is 6.04 Å². The fourth-order valence-corrected chi connectivity index (χ4v) is 5.12. The van der Waals surface area contributed by atoms with Crippen LogP contribution in [0.3, 0.4) is 0 Å². The van der Waals surface area contributed by atoms with Crippen LogP contribution < -0.4 is 5.73 Å². The second-order valence-corrected chi connectivity index (χ2v) is 7.21. The lowest BCUT2D eigenvalue weighted by Gasteiger charge is -2.40. The molecule has 92 valence electrons. The Balaban J connectivity index is 1.58. The van der Waals surface area contributed by atoms with Gasteiger partial charge in [0, 0.05) is 29.9 Å². The minimum atomic E-state index is 0.493. The van der Waals surface area contributed by atoms with Crippen LogP contribution in [-0.2, 0) is 0 Å². The minimum absolute atomic E-state index is 0.493. The monoisotopic (exact) mass is 240 g/mol. The highest BCUT2D eigenvalue weighted by Gasteiger charge is 2.40. The van der Waals surface area contributed by atoms with E-state index in [4.69, 9.17) is 5.73 Å². The molecule has 0 amide bonds. The van der Waals surface area contributed by atoms with Crippen molar-refractivity contribution in [1.82, 2.24) is 4.90 Å².